The lowest BCUT2D eigenvalue weighted by Gasteiger charge is -2.10. The summed E-state index contributed by atoms with van der Waals surface area (Å²) in [6.07, 6.45) is 0.538. The summed E-state index contributed by atoms with van der Waals surface area (Å²) in [5.74, 6) is -0.797. The van der Waals surface area contributed by atoms with E-state index >= 15 is 0 Å². The van der Waals surface area contributed by atoms with Gasteiger partial charge in [0, 0.05) is 6.54 Å². The highest BCUT2D eigenvalue weighted by Crippen LogP contribution is 2.24. The number of nitrogens with zero attached hydrogens (tertiary/aromatic N) is 2. The maximum Gasteiger partial charge on any atom is 0.364 e. The van der Waals surface area contributed by atoms with Crippen molar-refractivity contribution in [3.8, 4) is 0 Å². The summed E-state index contributed by atoms with van der Waals surface area (Å²) in [6, 6.07) is 0. The Morgan fingerprint density at radius 2 is 2.10 bits per heavy atom. The molecule has 9 nitrogen and oxygen atoms in total. The Bertz CT molecular complexity index is 650. The van der Waals surface area contributed by atoms with Crippen molar-refractivity contribution in [2.75, 3.05) is 12.4 Å². The Morgan fingerprint density at radius 1 is 1.43 bits per heavy atom. The first kappa shape index (κ1) is 17.0. The maximum atomic E-state index is 11.8. The van der Waals surface area contributed by atoms with Gasteiger partial charge in [-0.05, 0) is 13.3 Å². The highest BCUT2D eigenvalue weighted by Gasteiger charge is 2.25. The van der Waals surface area contributed by atoms with E-state index < -0.39 is 27.8 Å². The fraction of sp³-hybridized carbons (Fsp3) is 0.545. The van der Waals surface area contributed by atoms with Gasteiger partial charge in [-0.15, -0.1) is 0 Å². The van der Waals surface area contributed by atoms with E-state index in [2.05, 4.69) is 0 Å². The number of carbonyl (C=O) groups is 1. The molecule has 0 fully saturated rings. The second-order valence-electron chi connectivity index (χ2n) is 3.92. The van der Waals surface area contributed by atoms with Gasteiger partial charge in [-0.1, -0.05) is 18.7 Å². The van der Waals surface area contributed by atoms with Crippen LogP contribution in [0.15, 0.2) is 14.6 Å². The molecular weight excluding hydrogens is 302 g/mol. The third kappa shape index (κ3) is 4.18. The first-order valence-electron chi connectivity index (χ1n) is 6.22. The molecule has 0 atom stereocenters. The first-order chi connectivity index (χ1) is 9.92. The van der Waals surface area contributed by atoms with Crippen LogP contribution in [-0.2, 0) is 16.1 Å². The van der Waals surface area contributed by atoms with Crippen molar-refractivity contribution < 1.29 is 14.5 Å². The molecule has 0 saturated heterocycles. The molecule has 1 aromatic heterocycles. The zero-order chi connectivity index (χ0) is 16.0. The molecule has 10 heteroatoms. The average Bonchev–Trinajstić information content (AvgIpc) is 2.39. The number of rotatable bonds is 7. The Hall–Kier alpha value is -2.10. The SMILES string of the molecule is CCCn1c(SCC(=O)OCC)c([N+](=O)[O-])c(=O)[nH]c1=O. The standard InChI is InChI=1S/C11H15N3O6S/c1-3-5-13-10(21-6-7(15)20-4-2)8(14(18)19)9(16)12-11(13)17/h3-6H2,1-2H3,(H,12,16,17). The number of nitrogens with one attached hydrogen (secondary N) is 1. The van der Waals surface area contributed by atoms with Gasteiger partial charge in [0.2, 0.25) is 0 Å². The Balaban J connectivity index is 3.29. The zero-order valence-corrected chi connectivity index (χ0v) is 12.4. The van der Waals surface area contributed by atoms with Gasteiger partial charge in [-0.25, -0.2) is 4.79 Å². The zero-order valence-electron chi connectivity index (χ0n) is 11.6. The van der Waals surface area contributed by atoms with Crippen molar-refractivity contribution in [1.29, 1.82) is 0 Å². The van der Waals surface area contributed by atoms with E-state index in [1.165, 1.54) is 0 Å². The van der Waals surface area contributed by atoms with E-state index in [1.54, 1.807) is 13.8 Å². The molecule has 1 heterocycles. The topological polar surface area (TPSA) is 124 Å². The van der Waals surface area contributed by atoms with E-state index in [0.717, 1.165) is 16.3 Å². The Kier molecular flexibility index (Phi) is 6.15. The third-order valence-corrected chi connectivity index (χ3v) is 3.46. The van der Waals surface area contributed by atoms with Crippen LogP contribution in [0.4, 0.5) is 5.69 Å². The molecule has 116 valence electrons. The summed E-state index contributed by atoms with van der Waals surface area (Å²) in [4.78, 5) is 46.8. The van der Waals surface area contributed by atoms with E-state index in [1.807, 2.05) is 4.98 Å². The van der Waals surface area contributed by atoms with Crippen LogP contribution in [0.5, 0.6) is 0 Å². The van der Waals surface area contributed by atoms with Crippen molar-refractivity contribution >= 4 is 23.4 Å². The second kappa shape index (κ2) is 7.62. The average molecular weight is 317 g/mol. The number of hydrogen-bond acceptors (Lipinski definition) is 7. The van der Waals surface area contributed by atoms with E-state index in [9.17, 15) is 24.5 Å². The molecule has 0 saturated carbocycles. The molecule has 0 aliphatic carbocycles. The van der Waals surface area contributed by atoms with Gasteiger partial charge < -0.3 is 4.74 Å². The summed E-state index contributed by atoms with van der Waals surface area (Å²) >= 11 is 0.745. The van der Waals surface area contributed by atoms with Crippen molar-refractivity contribution in [3.05, 3.63) is 31.0 Å². The number of aromatic nitrogens is 2. The number of hydrogen-bond donors (Lipinski definition) is 1. The first-order valence-corrected chi connectivity index (χ1v) is 7.20. The number of aromatic amines is 1. The van der Waals surface area contributed by atoms with Crippen LogP contribution >= 0.6 is 11.8 Å². The minimum Gasteiger partial charge on any atom is -0.465 e. The number of carbonyl (C=O) groups excluding carboxylic acids is 1. The van der Waals surface area contributed by atoms with Gasteiger partial charge in [-0.3, -0.25) is 29.3 Å². The van der Waals surface area contributed by atoms with Crippen molar-refractivity contribution in [3.63, 3.8) is 0 Å². The molecule has 0 radical (unpaired) electrons. The van der Waals surface area contributed by atoms with Crippen LogP contribution in [0.2, 0.25) is 0 Å². The molecule has 1 rings (SSSR count). The molecule has 0 amide bonds. The van der Waals surface area contributed by atoms with E-state index in [-0.39, 0.29) is 23.9 Å². The number of H-pyrrole nitrogens is 1. The van der Waals surface area contributed by atoms with Gasteiger partial charge >= 0.3 is 22.9 Å². The number of esters is 1. The lowest BCUT2D eigenvalue weighted by molar-refractivity contribution is -0.390. The molecule has 0 aliphatic heterocycles. The van der Waals surface area contributed by atoms with Crippen LogP contribution in [0.1, 0.15) is 20.3 Å². The normalized spacial score (nSPS) is 10.4. The predicted octanol–water partition coefficient (Wildman–Crippen LogP) is 0.510. The second-order valence-corrected chi connectivity index (χ2v) is 4.88. The quantitative estimate of drug-likeness (QED) is 0.255. The predicted molar refractivity (Wildman–Crippen MR) is 75.6 cm³/mol. The fourth-order valence-corrected chi connectivity index (χ4v) is 2.58. The fourth-order valence-electron chi connectivity index (χ4n) is 1.60. The minimum atomic E-state index is -1.08. The molecule has 0 aromatic carbocycles. The summed E-state index contributed by atoms with van der Waals surface area (Å²) in [5.41, 5.74) is -2.56. The van der Waals surface area contributed by atoms with Crippen molar-refractivity contribution in [2.24, 2.45) is 0 Å². The van der Waals surface area contributed by atoms with E-state index in [4.69, 9.17) is 4.74 Å². The molecular formula is C11H15N3O6S. The summed E-state index contributed by atoms with van der Waals surface area (Å²) in [6.45, 7) is 3.79. The Labute approximate surface area is 123 Å². The highest BCUT2D eigenvalue weighted by molar-refractivity contribution is 8.00. The van der Waals surface area contributed by atoms with Crippen LogP contribution in [0.3, 0.4) is 0 Å². The van der Waals surface area contributed by atoms with Crippen LogP contribution in [0, 0.1) is 10.1 Å². The van der Waals surface area contributed by atoms with Gasteiger partial charge in [-0.2, -0.15) is 0 Å². The van der Waals surface area contributed by atoms with Crippen molar-refractivity contribution in [1.82, 2.24) is 9.55 Å². The monoisotopic (exact) mass is 317 g/mol. The highest BCUT2D eigenvalue weighted by atomic mass is 32.2. The Morgan fingerprint density at radius 3 is 2.62 bits per heavy atom. The summed E-state index contributed by atoms with van der Waals surface area (Å²) in [7, 11) is 0. The van der Waals surface area contributed by atoms with Crippen LogP contribution in [-0.4, -0.2) is 32.8 Å². The molecule has 0 bridgehead atoms. The number of ether oxygens (including phenoxy) is 1. The molecule has 0 unspecified atom stereocenters. The van der Waals surface area contributed by atoms with Gasteiger partial charge in [0.1, 0.15) is 0 Å². The number of thioether (sulfide) groups is 1. The third-order valence-electron chi connectivity index (χ3n) is 2.39. The van der Waals surface area contributed by atoms with Crippen LogP contribution < -0.4 is 11.2 Å². The largest absolute Gasteiger partial charge is 0.465 e. The minimum absolute atomic E-state index is 0.136. The molecule has 0 aliphatic rings. The lowest BCUT2D eigenvalue weighted by atomic mass is 10.4. The van der Waals surface area contributed by atoms with E-state index in [0.29, 0.717) is 6.42 Å². The lowest BCUT2D eigenvalue weighted by Crippen LogP contribution is -2.33. The summed E-state index contributed by atoms with van der Waals surface area (Å²) in [5, 5.41) is 10.9. The van der Waals surface area contributed by atoms with Gasteiger partial charge in [0.05, 0.1) is 17.3 Å². The summed E-state index contributed by atoms with van der Waals surface area (Å²) < 4.78 is 5.81. The number of nitro groups is 1. The molecule has 1 aromatic rings. The maximum absolute atomic E-state index is 11.8. The van der Waals surface area contributed by atoms with Gasteiger partial charge in [0.25, 0.3) is 0 Å². The van der Waals surface area contributed by atoms with Crippen LogP contribution in [0.25, 0.3) is 0 Å². The molecule has 0 spiro atoms. The molecule has 21 heavy (non-hydrogen) atoms. The smallest absolute Gasteiger partial charge is 0.364 e. The van der Waals surface area contributed by atoms with Gasteiger partial charge in [0.15, 0.2) is 5.03 Å². The molecule has 1 N–H and O–H groups in total. The van der Waals surface area contributed by atoms with Crippen molar-refractivity contribution in [2.45, 2.75) is 31.8 Å².